The van der Waals surface area contributed by atoms with Gasteiger partial charge in [0.2, 0.25) is 5.91 Å². The van der Waals surface area contributed by atoms with Crippen molar-refractivity contribution in [3.8, 4) is 0 Å². The lowest BCUT2D eigenvalue weighted by molar-refractivity contribution is -0.138. The predicted octanol–water partition coefficient (Wildman–Crippen LogP) is 0.867. The summed E-state index contributed by atoms with van der Waals surface area (Å²) in [5.74, 6) is -0.175. The van der Waals surface area contributed by atoms with Gasteiger partial charge < -0.3 is 14.4 Å². The van der Waals surface area contributed by atoms with Gasteiger partial charge in [0.15, 0.2) is 0 Å². The molecule has 0 aromatic heterocycles. The molecular weight excluding hydrogens is 222 g/mol. The SMILES string of the molecule is C=CC(=O)OCC1CO1.C=CN1CCCC1=O. The number of hydrogen-bond donors (Lipinski definition) is 0. The fourth-order valence-corrected chi connectivity index (χ4v) is 1.26. The van der Waals surface area contributed by atoms with Gasteiger partial charge in [0.05, 0.1) is 6.61 Å². The zero-order valence-electron chi connectivity index (χ0n) is 9.76. The summed E-state index contributed by atoms with van der Waals surface area (Å²) in [6.07, 6.45) is 4.57. The van der Waals surface area contributed by atoms with E-state index in [1.54, 1.807) is 11.1 Å². The van der Waals surface area contributed by atoms with Crippen molar-refractivity contribution in [2.75, 3.05) is 19.8 Å². The molecule has 0 aromatic rings. The molecule has 2 saturated heterocycles. The Morgan fingerprint density at radius 2 is 2.29 bits per heavy atom. The van der Waals surface area contributed by atoms with Crippen LogP contribution >= 0.6 is 0 Å². The minimum Gasteiger partial charge on any atom is -0.460 e. The standard InChI is InChI=1S/C6H9NO.C6H8O3/c1-2-7-5-3-4-6(7)8;1-2-6(7)9-4-5-3-8-5/h2H,1,3-5H2;2,5H,1,3-4H2. The van der Waals surface area contributed by atoms with E-state index in [-0.39, 0.29) is 18.0 Å². The first-order chi connectivity index (χ1) is 8.17. The molecule has 2 heterocycles. The summed E-state index contributed by atoms with van der Waals surface area (Å²) >= 11 is 0. The fourth-order valence-electron chi connectivity index (χ4n) is 1.26. The zero-order chi connectivity index (χ0) is 12.7. The van der Waals surface area contributed by atoms with Crippen molar-refractivity contribution in [3.05, 3.63) is 25.4 Å². The lowest BCUT2D eigenvalue weighted by Crippen LogP contribution is -2.16. The van der Waals surface area contributed by atoms with Crippen LogP contribution in [0.25, 0.3) is 0 Å². The second-order valence-electron chi connectivity index (χ2n) is 3.66. The third-order valence-electron chi connectivity index (χ3n) is 2.31. The Balaban J connectivity index is 0.000000171. The van der Waals surface area contributed by atoms with Crippen LogP contribution in [0.1, 0.15) is 12.8 Å². The van der Waals surface area contributed by atoms with E-state index in [1.165, 1.54) is 0 Å². The monoisotopic (exact) mass is 239 g/mol. The van der Waals surface area contributed by atoms with E-state index in [4.69, 9.17) is 4.74 Å². The Morgan fingerprint density at radius 3 is 2.65 bits per heavy atom. The molecule has 1 unspecified atom stereocenters. The minimum atomic E-state index is -0.384. The van der Waals surface area contributed by atoms with Gasteiger partial charge in [-0.05, 0) is 12.6 Å². The Hall–Kier alpha value is -1.62. The van der Waals surface area contributed by atoms with Crippen LogP contribution < -0.4 is 0 Å². The third kappa shape index (κ3) is 5.31. The number of epoxide rings is 1. The Morgan fingerprint density at radius 1 is 1.59 bits per heavy atom. The highest BCUT2D eigenvalue weighted by Gasteiger charge is 2.23. The molecule has 2 aliphatic rings. The average molecular weight is 239 g/mol. The molecule has 0 N–H and O–H groups in total. The van der Waals surface area contributed by atoms with E-state index in [0.717, 1.165) is 19.0 Å². The Bertz CT molecular complexity index is 310. The molecule has 1 amide bonds. The number of esters is 1. The summed E-state index contributed by atoms with van der Waals surface area (Å²) in [7, 11) is 0. The summed E-state index contributed by atoms with van der Waals surface area (Å²) in [5, 5.41) is 0. The van der Waals surface area contributed by atoms with Crippen LogP contribution in [-0.2, 0) is 19.1 Å². The maximum absolute atomic E-state index is 10.7. The van der Waals surface area contributed by atoms with Crippen LogP contribution in [0.15, 0.2) is 25.4 Å². The summed E-state index contributed by atoms with van der Waals surface area (Å²) < 4.78 is 9.42. The molecule has 2 rings (SSSR count). The number of hydrogen-bond acceptors (Lipinski definition) is 4. The van der Waals surface area contributed by atoms with Gasteiger partial charge in [-0.3, -0.25) is 4.79 Å². The summed E-state index contributed by atoms with van der Waals surface area (Å²) in [5.41, 5.74) is 0. The number of carbonyl (C=O) groups is 2. The normalized spacial score (nSPS) is 21.3. The van der Waals surface area contributed by atoms with Gasteiger partial charge in [-0.25, -0.2) is 4.79 Å². The predicted molar refractivity (Wildman–Crippen MR) is 62.0 cm³/mol. The van der Waals surface area contributed by atoms with E-state index >= 15 is 0 Å². The molecule has 2 aliphatic heterocycles. The molecule has 5 heteroatoms. The summed E-state index contributed by atoms with van der Waals surface area (Å²) in [6, 6.07) is 0. The van der Waals surface area contributed by atoms with Crippen molar-refractivity contribution >= 4 is 11.9 Å². The fraction of sp³-hybridized carbons (Fsp3) is 0.500. The van der Waals surface area contributed by atoms with Crippen molar-refractivity contribution in [3.63, 3.8) is 0 Å². The van der Waals surface area contributed by atoms with Gasteiger partial charge in [0.1, 0.15) is 12.7 Å². The van der Waals surface area contributed by atoms with Crippen LogP contribution in [0.5, 0.6) is 0 Å². The number of nitrogens with zero attached hydrogens (tertiary/aromatic N) is 1. The molecule has 0 aromatic carbocycles. The van der Waals surface area contributed by atoms with Crippen molar-refractivity contribution in [1.29, 1.82) is 0 Å². The summed E-state index contributed by atoms with van der Waals surface area (Å²) in [4.78, 5) is 22.7. The molecule has 0 bridgehead atoms. The molecule has 17 heavy (non-hydrogen) atoms. The van der Waals surface area contributed by atoms with Crippen LogP contribution in [0.3, 0.4) is 0 Å². The van der Waals surface area contributed by atoms with Crippen LogP contribution in [0, 0.1) is 0 Å². The second-order valence-corrected chi connectivity index (χ2v) is 3.66. The number of carbonyl (C=O) groups excluding carboxylic acids is 2. The van der Waals surface area contributed by atoms with Gasteiger partial charge in [0, 0.05) is 19.0 Å². The van der Waals surface area contributed by atoms with Gasteiger partial charge in [-0.1, -0.05) is 13.2 Å². The van der Waals surface area contributed by atoms with E-state index in [2.05, 4.69) is 17.9 Å². The van der Waals surface area contributed by atoms with Crippen LogP contribution in [0.2, 0.25) is 0 Å². The van der Waals surface area contributed by atoms with Crippen molar-refractivity contribution in [2.45, 2.75) is 18.9 Å². The number of ether oxygens (including phenoxy) is 2. The first-order valence-corrected chi connectivity index (χ1v) is 5.50. The molecule has 1 atom stereocenters. The largest absolute Gasteiger partial charge is 0.460 e. The van der Waals surface area contributed by atoms with Crippen molar-refractivity contribution in [2.24, 2.45) is 0 Å². The molecule has 0 aliphatic carbocycles. The lowest BCUT2D eigenvalue weighted by Gasteiger charge is -2.05. The smallest absolute Gasteiger partial charge is 0.330 e. The Kier molecular flexibility index (Phi) is 5.42. The van der Waals surface area contributed by atoms with Crippen LogP contribution in [0.4, 0.5) is 0 Å². The third-order valence-corrected chi connectivity index (χ3v) is 2.31. The number of rotatable bonds is 4. The first kappa shape index (κ1) is 13.4. The molecule has 0 radical (unpaired) electrons. The highest BCUT2D eigenvalue weighted by atomic mass is 16.6. The zero-order valence-corrected chi connectivity index (χ0v) is 9.76. The lowest BCUT2D eigenvalue weighted by atomic mass is 10.4. The molecule has 2 fully saturated rings. The minimum absolute atomic E-state index is 0.147. The Labute approximate surface area is 101 Å². The quantitative estimate of drug-likeness (QED) is 0.415. The second kappa shape index (κ2) is 6.85. The van der Waals surface area contributed by atoms with Gasteiger partial charge in [-0.15, -0.1) is 0 Å². The first-order valence-electron chi connectivity index (χ1n) is 5.50. The number of likely N-dealkylation sites (tertiary alicyclic amines) is 1. The number of amides is 1. The van der Waals surface area contributed by atoms with E-state index in [9.17, 15) is 9.59 Å². The highest BCUT2D eigenvalue weighted by Crippen LogP contribution is 2.08. The maximum Gasteiger partial charge on any atom is 0.330 e. The molecular formula is C12H17NO4. The van der Waals surface area contributed by atoms with Gasteiger partial charge >= 0.3 is 5.97 Å². The maximum atomic E-state index is 10.7. The van der Waals surface area contributed by atoms with Gasteiger partial charge in [-0.2, -0.15) is 0 Å². The van der Waals surface area contributed by atoms with E-state index < -0.39 is 0 Å². The van der Waals surface area contributed by atoms with E-state index in [1.807, 2.05) is 0 Å². The summed E-state index contributed by atoms with van der Waals surface area (Å²) in [6.45, 7) is 8.68. The topological polar surface area (TPSA) is 59.1 Å². The molecule has 0 spiro atoms. The van der Waals surface area contributed by atoms with Crippen molar-refractivity contribution in [1.82, 2.24) is 4.90 Å². The van der Waals surface area contributed by atoms with Gasteiger partial charge in [0.25, 0.3) is 0 Å². The van der Waals surface area contributed by atoms with Crippen LogP contribution in [-0.4, -0.2) is 42.6 Å². The van der Waals surface area contributed by atoms with E-state index in [0.29, 0.717) is 19.6 Å². The molecule has 5 nitrogen and oxygen atoms in total. The average Bonchev–Trinajstić information content (AvgIpc) is 3.08. The molecule has 0 saturated carbocycles. The molecule has 94 valence electrons. The van der Waals surface area contributed by atoms with Crippen molar-refractivity contribution < 1.29 is 19.1 Å². The highest BCUT2D eigenvalue weighted by molar-refractivity contribution is 5.81.